The normalized spacial score (nSPS) is 15.0. The zero-order valence-electron chi connectivity index (χ0n) is 16.2. The summed E-state index contributed by atoms with van der Waals surface area (Å²) in [7, 11) is -0.00575. The summed E-state index contributed by atoms with van der Waals surface area (Å²) in [5, 5.41) is 0. The van der Waals surface area contributed by atoms with Gasteiger partial charge in [0, 0.05) is 31.1 Å². The third-order valence-corrected chi connectivity index (χ3v) is 6.81. The van der Waals surface area contributed by atoms with Crippen molar-refractivity contribution in [2.45, 2.75) is 9.79 Å². The number of likely N-dealkylation sites (N-methyl/N-ethyl adjacent to an activating group) is 1. The zero-order valence-corrected chi connectivity index (χ0v) is 18.7. The molecule has 0 aromatic heterocycles. The van der Waals surface area contributed by atoms with Crippen molar-refractivity contribution in [2.24, 2.45) is 0 Å². The maximum absolute atomic E-state index is 13.0. The van der Waals surface area contributed by atoms with Crippen molar-refractivity contribution in [3.05, 3.63) is 42.5 Å². The van der Waals surface area contributed by atoms with Gasteiger partial charge in [-0.15, -0.1) is 24.2 Å². The van der Waals surface area contributed by atoms with Gasteiger partial charge in [-0.05, 0) is 43.6 Å². The van der Waals surface area contributed by atoms with Gasteiger partial charge in [-0.2, -0.15) is 0 Å². The second-order valence-electron chi connectivity index (χ2n) is 6.43. The Kier molecular flexibility index (Phi) is 7.88. The lowest BCUT2D eigenvalue weighted by atomic mass is 10.2. The monoisotopic (exact) mass is 443 g/mol. The number of benzene rings is 2. The van der Waals surface area contributed by atoms with Crippen LogP contribution in [0.2, 0.25) is 0 Å². The highest BCUT2D eigenvalue weighted by Crippen LogP contribution is 2.33. The molecule has 154 valence electrons. The van der Waals surface area contributed by atoms with E-state index in [1.807, 2.05) is 24.5 Å². The molecule has 1 aliphatic heterocycles. The predicted molar refractivity (Wildman–Crippen MR) is 119 cm³/mol. The topological polar surface area (TPSA) is 61.9 Å². The van der Waals surface area contributed by atoms with Gasteiger partial charge in [0.2, 0.25) is 0 Å². The minimum absolute atomic E-state index is 0. The fourth-order valence-electron chi connectivity index (χ4n) is 3.06. The third kappa shape index (κ3) is 5.05. The van der Waals surface area contributed by atoms with E-state index in [2.05, 4.69) is 21.6 Å². The van der Waals surface area contributed by atoms with E-state index in [4.69, 9.17) is 4.74 Å². The number of nitrogens with one attached hydrogen (secondary N) is 1. The van der Waals surface area contributed by atoms with Gasteiger partial charge >= 0.3 is 0 Å². The molecule has 28 heavy (non-hydrogen) atoms. The van der Waals surface area contributed by atoms with Crippen molar-refractivity contribution >= 4 is 45.6 Å². The number of sulfonamides is 1. The zero-order chi connectivity index (χ0) is 19.4. The Hall–Kier alpha value is -1.61. The Morgan fingerprint density at radius 3 is 2.39 bits per heavy atom. The highest BCUT2D eigenvalue weighted by atomic mass is 35.5. The number of hydrogen-bond acceptors (Lipinski definition) is 6. The van der Waals surface area contributed by atoms with Crippen LogP contribution in [-0.2, 0) is 10.0 Å². The van der Waals surface area contributed by atoms with Crippen LogP contribution >= 0.6 is 24.2 Å². The molecule has 1 fully saturated rings. The van der Waals surface area contributed by atoms with Crippen molar-refractivity contribution in [1.82, 2.24) is 4.90 Å². The van der Waals surface area contributed by atoms with E-state index in [9.17, 15) is 8.42 Å². The Labute approximate surface area is 177 Å². The maximum atomic E-state index is 13.0. The lowest BCUT2D eigenvalue weighted by molar-refractivity contribution is 0.311. The molecule has 0 radical (unpaired) electrons. The number of thioether (sulfide) groups is 1. The van der Waals surface area contributed by atoms with Crippen LogP contribution in [0.5, 0.6) is 5.75 Å². The van der Waals surface area contributed by atoms with E-state index < -0.39 is 10.0 Å². The number of anilines is 2. The fraction of sp³-hybridized carbons (Fsp3) is 0.368. The van der Waals surface area contributed by atoms with Gasteiger partial charge in [-0.1, -0.05) is 12.1 Å². The molecule has 2 aromatic rings. The molecule has 0 saturated carbocycles. The molecular weight excluding hydrogens is 418 g/mol. The fourth-order valence-corrected chi connectivity index (χ4v) is 4.78. The van der Waals surface area contributed by atoms with Gasteiger partial charge in [-0.25, -0.2) is 8.42 Å². The van der Waals surface area contributed by atoms with Gasteiger partial charge in [0.15, 0.2) is 0 Å². The molecule has 0 aliphatic carbocycles. The molecule has 3 rings (SSSR count). The predicted octanol–water partition coefficient (Wildman–Crippen LogP) is 3.39. The largest absolute Gasteiger partial charge is 0.495 e. The maximum Gasteiger partial charge on any atom is 0.262 e. The van der Waals surface area contributed by atoms with Crippen LogP contribution in [0.1, 0.15) is 0 Å². The van der Waals surface area contributed by atoms with E-state index in [1.165, 1.54) is 11.8 Å². The number of rotatable bonds is 6. The Balaban J connectivity index is 0.00000280. The van der Waals surface area contributed by atoms with Gasteiger partial charge in [-0.3, -0.25) is 4.72 Å². The van der Waals surface area contributed by atoms with Gasteiger partial charge in [0.1, 0.15) is 5.75 Å². The highest BCUT2D eigenvalue weighted by molar-refractivity contribution is 7.99. The Morgan fingerprint density at radius 2 is 1.75 bits per heavy atom. The van der Waals surface area contributed by atoms with Crippen molar-refractivity contribution in [2.75, 3.05) is 56.2 Å². The van der Waals surface area contributed by atoms with Gasteiger partial charge in [0.25, 0.3) is 10.0 Å². The van der Waals surface area contributed by atoms with Crippen LogP contribution in [0, 0.1) is 0 Å². The summed E-state index contributed by atoms with van der Waals surface area (Å²) in [6, 6.07) is 12.4. The number of halogens is 1. The first-order valence-electron chi connectivity index (χ1n) is 8.72. The number of ether oxygens (including phenoxy) is 1. The molecule has 0 spiro atoms. The van der Waals surface area contributed by atoms with Gasteiger partial charge < -0.3 is 14.5 Å². The molecule has 1 heterocycles. The summed E-state index contributed by atoms with van der Waals surface area (Å²) in [6.45, 7) is 3.52. The number of hydrogen-bond donors (Lipinski definition) is 1. The molecule has 9 heteroatoms. The first kappa shape index (κ1) is 22.7. The van der Waals surface area contributed by atoms with Crippen LogP contribution in [0.4, 0.5) is 11.4 Å². The molecular formula is C19H26ClN3O3S2. The van der Waals surface area contributed by atoms with Crippen LogP contribution in [0.3, 0.4) is 0 Å². The lowest BCUT2D eigenvalue weighted by Crippen LogP contribution is -2.44. The standard InChI is InChI=1S/C19H25N3O3S2.ClH/c1-21-10-12-22(13-11-21)17-14-15(8-9-18(17)25-2)27(23,24)20-16-6-4-5-7-19(16)26-3;/h4-9,14,20H,10-13H2,1-3H3;1H. The molecule has 0 amide bonds. The highest BCUT2D eigenvalue weighted by Gasteiger charge is 2.22. The Bertz CT molecular complexity index is 901. The lowest BCUT2D eigenvalue weighted by Gasteiger charge is -2.34. The molecule has 2 aromatic carbocycles. The quantitative estimate of drug-likeness (QED) is 0.690. The average molecular weight is 444 g/mol. The van der Waals surface area contributed by atoms with Crippen LogP contribution in [-0.4, -0.2) is 59.9 Å². The number of piperazine rings is 1. The summed E-state index contributed by atoms with van der Waals surface area (Å²) in [4.78, 5) is 5.54. The number of methoxy groups -OCH3 is 1. The van der Waals surface area contributed by atoms with Crippen LogP contribution < -0.4 is 14.4 Å². The molecule has 1 N–H and O–H groups in total. The smallest absolute Gasteiger partial charge is 0.262 e. The van der Waals surface area contributed by atoms with Gasteiger partial charge in [0.05, 0.1) is 23.4 Å². The molecule has 0 bridgehead atoms. The van der Waals surface area contributed by atoms with E-state index in [0.29, 0.717) is 11.4 Å². The summed E-state index contributed by atoms with van der Waals surface area (Å²) < 4.78 is 34.1. The molecule has 0 atom stereocenters. The molecule has 6 nitrogen and oxygen atoms in total. The first-order chi connectivity index (χ1) is 12.9. The summed E-state index contributed by atoms with van der Waals surface area (Å²) in [5.41, 5.74) is 1.40. The SMILES string of the molecule is COc1ccc(S(=O)(=O)Nc2ccccc2SC)cc1N1CCN(C)CC1.Cl. The van der Waals surface area contributed by atoms with Crippen molar-refractivity contribution in [1.29, 1.82) is 0 Å². The average Bonchev–Trinajstić information content (AvgIpc) is 2.68. The van der Waals surface area contributed by atoms with Crippen molar-refractivity contribution < 1.29 is 13.2 Å². The van der Waals surface area contributed by atoms with E-state index in [-0.39, 0.29) is 17.3 Å². The minimum atomic E-state index is -3.70. The van der Waals surface area contributed by atoms with Crippen LogP contribution in [0.15, 0.2) is 52.3 Å². The molecule has 1 aliphatic rings. The van der Waals surface area contributed by atoms with E-state index in [0.717, 1.165) is 36.8 Å². The van der Waals surface area contributed by atoms with E-state index >= 15 is 0 Å². The summed E-state index contributed by atoms with van der Waals surface area (Å²) >= 11 is 1.50. The second kappa shape index (κ2) is 9.73. The molecule has 0 unspecified atom stereocenters. The van der Waals surface area contributed by atoms with Crippen molar-refractivity contribution in [3.8, 4) is 5.75 Å². The second-order valence-corrected chi connectivity index (χ2v) is 8.96. The van der Waals surface area contributed by atoms with Crippen LogP contribution in [0.25, 0.3) is 0 Å². The number of para-hydroxylation sites is 1. The minimum Gasteiger partial charge on any atom is -0.495 e. The Morgan fingerprint density at radius 1 is 1.07 bits per heavy atom. The van der Waals surface area contributed by atoms with Crippen molar-refractivity contribution in [3.63, 3.8) is 0 Å². The van der Waals surface area contributed by atoms with E-state index in [1.54, 1.807) is 31.4 Å². The third-order valence-electron chi connectivity index (χ3n) is 4.66. The summed E-state index contributed by atoms with van der Waals surface area (Å²) in [6.07, 6.45) is 1.92. The summed E-state index contributed by atoms with van der Waals surface area (Å²) in [5.74, 6) is 0.683. The first-order valence-corrected chi connectivity index (χ1v) is 11.4. The number of nitrogens with zero attached hydrogens (tertiary/aromatic N) is 2. The molecule has 1 saturated heterocycles.